The number of hydrogen-bond donors (Lipinski definition) is 1. The van der Waals surface area contributed by atoms with Crippen molar-refractivity contribution in [1.29, 1.82) is 0 Å². The number of anilines is 1. The summed E-state index contributed by atoms with van der Waals surface area (Å²) < 4.78 is 1.92. The van der Waals surface area contributed by atoms with Crippen molar-refractivity contribution < 1.29 is 0 Å². The smallest absolute Gasteiger partial charge is 0.0730 e. The molecule has 2 rings (SSSR count). The minimum absolute atomic E-state index is 0.752. The van der Waals surface area contributed by atoms with E-state index in [1.165, 1.54) is 11.1 Å². The van der Waals surface area contributed by atoms with Crippen molar-refractivity contribution in [2.45, 2.75) is 20.4 Å². The maximum Gasteiger partial charge on any atom is 0.0730 e. The van der Waals surface area contributed by atoms with Crippen molar-refractivity contribution in [2.75, 3.05) is 5.73 Å². The first-order valence-corrected chi connectivity index (χ1v) is 5.00. The lowest BCUT2D eigenvalue weighted by Crippen LogP contribution is -2.04. The highest BCUT2D eigenvalue weighted by molar-refractivity contribution is 5.40. The van der Waals surface area contributed by atoms with Crippen LogP contribution in [0.15, 0.2) is 30.5 Å². The topological polar surface area (TPSA) is 43.8 Å². The molecule has 1 aromatic carbocycles. The van der Waals surface area contributed by atoms with Gasteiger partial charge in [-0.1, -0.05) is 29.8 Å². The molecule has 1 aromatic heterocycles. The van der Waals surface area contributed by atoms with Crippen molar-refractivity contribution in [2.24, 2.45) is 0 Å². The number of rotatable bonds is 2. The fourth-order valence-electron chi connectivity index (χ4n) is 1.60. The zero-order valence-corrected chi connectivity index (χ0v) is 9.07. The SMILES string of the molecule is Cc1cccc(Cn2ncc(N)c2C)c1. The lowest BCUT2D eigenvalue weighted by atomic mass is 10.1. The second-order valence-corrected chi connectivity index (χ2v) is 3.83. The van der Waals surface area contributed by atoms with Gasteiger partial charge in [-0.2, -0.15) is 5.10 Å². The molecule has 15 heavy (non-hydrogen) atoms. The van der Waals surface area contributed by atoms with Gasteiger partial charge in [0, 0.05) is 0 Å². The van der Waals surface area contributed by atoms with Crippen LogP contribution in [0, 0.1) is 13.8 Å². The van der Waals surface area contributed by atoms with E-state index in [0.29, 0.717) is 0 Å². The minimum atomic E-state index is 0.752. The molecule has 3 heteroatoms. The molecule has 0 fully saturated rings. The first kappa shape index (κ1) is 9.77. The number of nitrogens with two attached hydrogens (primary N) is 1. The van der Waals surface area contributed by atoms with E-state index in [2.05, 4.69) is 36.3 Å². The molecule has 0 unspecified atom stereocenters. The molecule has 0 amide bonds. The second kappa shape index (κ2) is 3.77. The van der Waals surface area contributed by atoms with E-state index in [9.17, 15) is 0 Å². The Labute approximate surface area is 89.5 Å². The normalized spacial score (nSPS) is 10.5. The molecule has 2 aromatic rings. The molecule has 3 nitrogen and oxygen atoms in total. The lowest BCUT2D eigenvalue weighted by molar-refractivity contribution is 0.665. The third kappa shape index (κ3) is 2.01. The van der Waals surface area contributed by atoms with E-state index < -0.39 is 0 Å². The molecule has 0 aliphatic carbocycles. The Morgan fingerprint density at radius 2 is 2.13 bits per heavy atom. The maximum absolute atomic E-state index is 5.74. The maximum atomic E-state index is 5.74. The molecular formula is C12H15N3. The van der Waals surface area contributed by atoms with Crippen LogP contribution in [0.25, 0.3) is 0 Å². The predicted octanol–water partition coefficient (Wildman–Crippen LogP) is 2.13. The number of benzene rings is 1. The van der Waals surface area contributed by atoms with Gasteiger partial charge in [0.05, 0.1) is 24.1 Å². The Morgan fingerprint density at radius 3 is 2.73 bits per heavy atom. The number of nitrogens with zero attached hydrogens (tertiary/aromatic N) is 2. The van der Waals surface area contributed by atoms with Crippen LogP contribution in [0.5, 0.6) is 0 Å². The van der Waals surface area contributed by atoms with Crippen LogP contribution < -0.4 is 5.73 Å². The standard InChI is InChI=1S/C12H15N3/c1-9-4-3-5-11(6-9)8-15-10(2)12(13)7-14-15/h3-7H,8,13H2,1-2H3. The van der Waals surface area contributed by atoms with Gasteiger partial charge in [-0.15, -0.1) is 0 Å². The number of nitrogen functional groups attached to an aromatic ring is 1. The summed E-state index contributed by atoms with van der Waals surface area (Å²) in [6.45, 7) is 4.86. The molecule has 0 aliphatic rings. The van der Waals surface area contributed by atoms with Gasteiger partial charge < -0.3 is 5.73 Å². The highest BCUT2D eigenvalue weighted by atomic mass is 15.3. The van der Waals surface area contributed by atoms with Gasteiger partial charge in [0.15, 0.2) is 0 Å². The summed E-state index contributed by atoms with van der Waals surface area (Å²) in [5, 5.41) is 4.23. The summed E-state index contributed by atoms with van der Waals surface area (Å²) in [6, 6.07) is 8.42. The average molecular weight is 201 g/mol. The fraction of sp³-hybridized carbons (Fsp3) is 0.250. The molecular weight excluding hydrogens is 186 g/mol. The van der Waals surface area contributed by atoms with Crippen molar-refractivity contribution in [1.82, 2.24) is 9.78 Å². The summed E-state index contributed by atoms with van der Waals surface area (Å²) in [5.74, 6) is 0. The van der Waals surface area contributed by atoms with E-state index in [1.807, 2.05) is 11.6 Å². The largest absolute Gasteiger partial charge is 0.396 e. The van der Waals surface area contributed by atoms with Crippen molar-refractivity contribution in [3.63, 3.8) is 0 Å². The Kier molecular flexibility index (Phi) is 2.46. The lowest BCUT2D eigenvalue weighted by Gasteiger charge is -2.05. The van der Waals surface area contributed by atoms with Gasteiger partial charge in [0.1, 0.15) is 0 Å². The van der Waals surface area contributed by atoms with E-state index in [4.69, 9.17) is 5.73 Å². The highest BCUT2D eigenvalue weighted by Gasteiger charge is 2.03. The van der Waals surface area contributed by atoms with E-state index >= 15 is 0 Å². The van der Waals surface area contributed by atoms with Gasteiger partial charge in [0.25, 0.3) is 0 Å². The average Bonchev–Trinajstić information content (AvgIpc) is 2.50. The Balaban J connectivity index is 2.26. The fourth-order valence-corrected chi connectivity index (χ4v) is 1.60. The molecule has 0 spiro atoms. The van der Waals surface area contributed by atoms with Crippen LogP contribution in [0.4, 0.5) is 5.69 Å². The highest BCUT2D eigenvalue weighted by Crippen LogP contribution is 2.12. The van der Waals surface area contributed by atoms with Crippen molar-refractivity contribution >= 4 is 5.69 Å². The Morgan fingerprint density at radius 1 is 1.33 bits per heavy atom. The molecule has 1 heterocycles. The van der Waals surface area contributed by atoms with Gasteiger partial charge in [0.2, 0.25) is 0 Å². The van der Waals surface area contributed by atoms with Crippen LogP contribution in [0.3, 0.4) is 0 Å². The summed E-state index contributed by atoms with van der Waals surface area (Å²) in [4.78, 5) is 0. The summed E-state index contributed by atoms with van der Waals surface area (Å²) in [5.41, 5.74) is 10.0. The number of aryl methyl sites for hydroxylation is 1. The number of hydrogen-bond acceptors (Lipinski definition) is 2. The van der Waals surface area contributed by atoms with Crippen LogP contribution >= 0.6 is 0 Å². The quantitative estimate of drug-likeness (QED) is 0.808. The molecule has 78 valence electrons. The van der Waals surface area contributed by atoms with Crippen molar-refractivity contribution in [3.05, 3.63) is 47.3 Å². The summed E-state index contributed by atoms with van der Waals surface area (Å²) in [7, 11) is 0. The van der Waals surface area contributed by atoms with Crippen LogP contribution in [0.1, 0.15) is 16.8 Å². The summed E-state index contributed by atoms with van der Waals surface area (Å²) >= 11 is 0. The number of aromatic nitrogens is 2. The van der Waals surface area contributed by atoms with Crippen LogP contribution in [-0.4, -0.2) is 9.78 Å². The van der Waals surface area contributed by atoms with Crippen molar-refractivity contribution in [3.8, 4) is 0 Å². The zero-order chi connectivity index (χ0) is 10.8. The molecule has 0 bridgehead atoms. The first-order valence-electron chi connectivity index (χ1n) is 5.00. The van der Waals surface area contributed by atoms with E-state index in [1.54, 1.807) is 6.20 Å². The van der Waals surface area contributed by atoms with Gasteiger partial charge >= 0.3 is 0 Å². The molecule has 0 saturated carbocycles. The van der Waals surface area contributed by atoms with E-state index in [0.717, 1.165) is 17.9 Å². The molecule has 0 radical (unpaired) electrons. The third-order valence-electron chi connectivity index (χ3n) is 2.56. The van der Waals surface area contributed by atoms with Crippen LogP contribution in [0.2, 0.25) is 0 Å². The molecule has 0 atom stereocenters. The second-order valence-electron chi connectivity index (χ2n) is 3.83. The first-order chi connectivity index (χ1) is 7.16. The Hall–Kier alpha value is -1.77. The zero-order valence-electron chi connectivity index (χ0n) is 9.07. The Bertz CT molecular complexity index is 471. The third-order valence-corrected chi connectivity index (χ3v) is 2.56. The summed E-state index contributed by atoms with van der Waals surface area (Å²) in [6.07, 6.45) is 1.70. The molecule has 0 aliphatic heterocycles. The van der Waals surface area contributed by atoms with E-state index in [-0.39, 0.29) is 0 Å². The van der Waals surface area contributed by atoms with Gasteiger partial charge in [-0.25, -0.2) is 0 Å². The van der Waals surface area contributed by atoms with Gasteiger partial charge in [-0.3, -0.25) is 4.68 Å². The van der Waals surface area contributed by atoms with Crippen LogP contribution in [-0.2, 0) is 6.54 Å². The molecule has 2 N–H and O–H groups in total. The predicted molar refractivity (Wildman–Crippen MR) is 61.7 cm³/mol. The minimum Gasteiger partial charge on any atom is -0.396 e. The molecule has 0 saturated heterocycles. The monoisotopic (exact) mass is 201 g/mol. The van der Waals surface area contributed by atoms with Gasteiger partial charge in [-0.05, 0) is 19.4 Å².